The molecule has 11 heteroatoms. The number of anilines is 3. The molecule has 0 atom stereocenters. The molecule has 0 unspecified atom stereocenters. The Kier molecular flexibility index (Phi) is 7.06. The average molecular weight is 484 g/mol. The van der Waals surface area contributed by atoms with Gasteiger partial charge in [0, 0.05) is 37.0 Å². The first-order valence-corrected chi connectivity index (χ1v) is 12.1. The van der Waals surface area contributed by atoms with E-state index in [2.05, 4.69) is 20.8 Å². The van der Waals surface area contributed by atoms with Crippen LogP contribution in [0, 0.1) is 0 Å². The Hall–Kier alpha value is -3.54. The zero-order valence-corrected chi connectivity index (χ0v) is 19.6. The first-order valence-electron chi connectivity index (χ1n) is 10.6. The molecule has 3 aromatic rings. The van der Waals surface area contributed by atoms with Crippen molar-refractivity contribution in [1.29, 1.82) is 0 Å². The number of hydrogen-bond acceptors (Lipinski definition) is 8. The standard InChI is InChI=1S/C23H25N5O5S/c1-16(29)24-18-4-6-19(7-5-18)25-23-10-8-20(26-27-23)17-3-9-21(32-2)22(15-17)34(30,31)28-11-13-33-14-12-28/h3-10,15H,11-14H2,1-2H3,(H,24,29)(H,25,27). The molecule has 10 nitrogen and oxygen atoms in total. The van der Waals surface area contributed by atoms with Crippen LogP contribution in [0.2, 0.25) is 0 Å². The van der Waals surface area contributed by atoms with Gasteiger partial charge in [0.1, 0.15) is 10.6 Å². The van der Waals surface area contributed by atoms with E-state index in [1.54, 1.807) is 42.5 Å². The van der Waals surface area contributed by atoms with Gasteiger partial charge in [-0.05, 0) is 54.6 Å². The lowest BCUT2D eigenvalue weighted by Crippen LogP contribution is -2.40. The van der Waals surface area contributed by atoms with Crippen LogP contribution in [0.15, 0.2) is 59.5 Å². The second-order valence-corrected chi connectivity index (χ2v) is 9.48. The molecule has 1 aliphatic rings. The molecule has 4 rings (SSSR count). The van der Waals surface area contributed by atoms with E-state index in [0.29, 0.717) is 49.1 Å². The molecule has 0 bridgehead atoms. The Morgan fingerprint density at radius 1 is 1.00 bits per heavy atom. The Balaban J connectivity index is 1.54. The Morgan fingerprint density at radius 2 is 1.71 bits per heavy atom. The van der Waals surface area contributed by atoms with Gasteiger partial charge in [-0.15, -0.1) is 10.2 Å². The van der Waals surface area contributed by atoms with Crippen LogP contribution in [-0.2, 0) is 19.6 Å². The molecule has 0 aliphatic carbocycles. The number of benzene rings is 2. The van der Waals surface area contributed by atoms with E-state index in [9.17, 15) is 13.2 Å². The minimum Gasteiger partial charge on any atom is -0.495 e. The van der Waals surface area contributed by atoms with Crippen molar-refractivity contribution in [1.82, 2.24) is 14.5 Å². The van der Waals surface area contributed by atoms with Crippen LogP contribution in [0.25, 0.3) is 11.3 Å². The zero-order valence-electron chi connectivity index (χ0n) is 18.8. The predicted octanol–water partition coefficient (Wildman–Crippen LogP) is 2.88. The van der Waals surface area contributed by atoms with Crippen molar-refractivity contribution in [2.24, 2.45) is 0 Å². The summed E-state index contributed by atoms with van der Waals surface area (Å²) in [5, 5.41) is 14.3. The van der Waals surface area contributed by atoms with Crippen molar-refractivity contribution in [3.63, 3.8) is 0 Å². The summed E-state index contributed by atoms with van der Waals surface area (Å²) in [7, 11) is -2.31. The number of rotatable bonds is 7. The maximum atomic E-state index is 13.2. The quantitative estimate of drug-likeness (QED) is 0.526. The van der Waals surface area contributed by atoms with Gasteiger partial charge in [0.05, 0.1) is 26.0 Å². The molecule has 178 valence electrons. The molecular weight excluding hydrogens is 458 g/mol. The highest BCUT2D eigenvalue weighted by Gasteiger charge is 2.29. The van der Waals surface area contributed by atoms with E-state index in [4.69, 9.17) is 9.47 Å². The molecule has 2 N–H and O–H groups in total. The lowest BCUT2D eigenvalue weighted by molar-refractivity contribution is -0.114. The molecule has 1 aromatic heterocycles. The van der Waals surface area contributed by atoms with Crippen LogP contribution in [0.1, 0.15) is 6.92 Å². The topological polar surface area (TPSA) is 123 Å². The molecule has 1 aliphatic heterocycles. The zero-order chi connectivity index (χ0) is 24.1. The van der Waals surface area contributed by atoms with Crippen LogP contribution in [0.4, 0.5) is 17.2 Å². The number of amides is 1. The Bertz CT molecular complexity index is 1260. The maximum Gasteiger partial charge on any atom is 0.246 e. The molecular formula is C23H25N5O5S. The minimum atomic E-state index is -3.75. The maximum absolute atomic E-state index is 13.2. The van der Waals surface area contributed by atoms with Gasteiger partial charge in [-0.25, -0.2) is 8.42 Å². The molecule has 2 aromatic carbocycles. The van der Waals surface area contributed by atoms with Gasteiger partial charge in [0.25, 0.3) is 0 Å². The van der Waals surface area contributed by atoms with Crippen molar-refractivity contribution in [3.05, 3.63) is 54.6 Å². The smallest absolute Gasteiger partial charge is 0.246 e. The van der Waals surface area contributed by atoms with Crippen molar-refractivity contribution in [3.8, 4) is 17.0 Å². The summed E-state index contributed by atoms with van der Waals surface area (Å²) in [6.45, 7) is 2.75. The van der Waals surface area contributed by atoms with Crippen LogP contribution >= 0.6 is 0 Å². The fourth-order valence-corrected chi connectivity index (χ4v) is 5.09. The normalized spacial score (nSPS) is 14.4. The third-order valence-corrected chi connectivity index (χ3v) is 7.11. The fourth-order valence-electron chi connectivity index (χ4n) is 3.50. The summed E-state index contributed by atoms with van der Waals surface area (Å²) < 4.78 is 38.4. The van der Waals surface area contributed by atoms with Crippen molar-refractivity contribution < 1.29 is 22.7 Å². The van der Waals surface area contributed by atoms with Crippen LogP contribution < -0.4 is 15.4 Å². The highest BCUT2D eigenvalue weighted by atomic mass is 32.2. The van der Waals surface area contributed by atoms with Gasteiger partial charge in [-0.2, -0.15) is 4.31 Å². The SMILES string of the molecule is COc1ccc(-c2ccc(Nc3ccc(NC(C)=O)cc3)nn2)cc1S(=O)(=O)N1CCOCC1. The number of nitrogens with zero attached hydrogens (tertiary/aromatic N) is 3. The monoisotopic (exact) mass is 483 g/mol. The largest absolute Gasteiger partial charge is 0.495 e. The number of hydrogen-bond donors (Lipinski definition) is 2. The molecule has 1 fully saturated rings. The van der Waals surface area contributed by atoms with Gasteiger partial charge in [-0.3, -0.25) is 4.79 Å². The van der Waals surface area contributed by atoms with E-state index in [-0.39, 0.29) is 16.6 Å². The van der Waals surface area contributed by atoms with E-state index < -0.39 is 10.0 Å². The molecule has 2 heterocycles. The molecule has 0 spiro atoms. The van der Waals surface area contributed by atoms with Gasteiger partial charge in [-0.1, -0.05) is 0 Å². The van der Waals surface area contributed by atoms with E-state index in [1.165, 1.54) is 18.3 Å². The third kappa shape index (κ3) is 5.33. The van der Waals surface area contributed by atoms with E-state index >= 15 is 0 Å². The van der Waals surface area contributed by atoms with Crippen LogP contribution in [0.3, 0.4) is 0 Å². The van der Waals surface area contributed by atoms with Crippen molar-refractivity contribution in [2.75, 3.05) is 44.0 Å². The van der Waals surface area contributed by atoms with Gasteiger partial charge < -0.3 is 20.1 Å². The van der Waals surface area contributed by atoms with Gasteiger partial charge >= 0.3 is 0 Å². The lowest BCUT2D eigenvalue weighted by Gasteiger charge is -2.26. The van der Waals surface area contributed by atoms with Gasteiger partial charge in [0.2, 0.25) is 15.9 Å². The number of nitrogens with one attached hydrogen (secondary N) is 2. The predicted molar refractivity (Wildman–Crippen MR) is 128 cm³/mol. The number of methoxy groups -OCH3 is 1. The number of sulfonamides is 1. The summed E-state index contributed by atoms with van der Waals surface area (Å²) in [5.74, 6) is 0.650. The molecule has 0 saturated carbocycles. The molecule has 0 radical (unpaired) electrons. The van der Waals surface area contributed by atoms with E-state index in [1.807, 2.05) is 12.1 Å². The van der Waals surface area contributed by atoms with Crippen molar-refractivity contribution >= 4 is 33.1 Å². The second-order valence-electron chi connectivity index (χ2n) is 7.57. The van der Waals surface area contributed by atoms with Gasteiger partial charge in [0.15, 0.2) is 5.82 Å². The van der Waals surface area contributed by atoms with Crippen molar-refractivity contribution in [2.45, 2.75) is 11.8 Å². The number of ether oxygens (including phenoxy) is 2. The highest BCUT2D eigenvalue weighted by Crippen LogP contribution is 2.32. The third-order valence-electron chi connectivity index (χ3n) is 5.19. The summed E-state index contributed by atoms with van der Waals surface area (Å²) >= 11 is 0. The van der Waals surface area contributed by atoms with Crippen LogP contribution in [-0.4, -0.2) is 62.2 Å². The van der Waals surface area contributed by atoms with Crippen LogP contribution in [0.5, 0.6) is 5.75 Å². The first-order chi connectivity index (χ1) is 16.4. The summed E-state index contributed by atoms with van der Waals surface area (Å²) in [6, 6.07) is 15.6. The fraction of sp³-hybridized carbons (Fsp3) is 0.261. The number of aromatic nitrogens is 2. The van der Waals surface area contributed by atoms with E-state index in [0.717, 1.165) is 5.69 Å². The summed E-state index contributed by atoms with van der Waals surface area (Å²) in [5.41, 5.74) is 2.60. The number of carbonyl (C=O) groups is 1. The molecule has 1 saturated heterocycles. The first kappa shape index (κ1) is 23.6. The summed E-state index contributed by atoms with van der Waals surface area (Å²) in [4.78, 5) is 11.2. The Labute approximate surface area is 198 Å². The molecule has 1 amide bonds. The lowest BCUT2D eigenvalue weighted by atomic mass is 10.1. The number of carbonyl (C=O) groups excluding carboxylic acids is 1. The minimum absolute atomic E-state index is 0.0812. The highest BCUT2D eigenvalue weighted by molar-refractivity contribution is 7.89. The number of morpholine rings is 1. The summed E-state index contributed by atoms with van der Waals surface area (Å²) in [6.07, 6.45) is 0. The molecule has 34 heavy (non-hydrogen) atoms. The second kappa shape index (κ2) is 10.2. The Morgan fingerprint density at radius 3 is 2.32 bits per heavy atom. The average Bonchev–Trinajstić information content (AvgIpc) is 2.85.